The molecule has 1 aromatic carbocycles. The molecule has 0 unspecified atom stereocenters. The summed E-state index contributed by atoms with van der Waals surface area (Å²) in [4.78, 5) is 25.5. The van der Waals surface area contributed by atoms with E-state index in [1.807, 2.05) is 0 Å². The van der Waals surface area contributed by atoms with Gasteiger partial charge in [0.2, 0.25) is 0 Å². The van der Waals surface area contributed by atoms with Crippen molar-refractivity contribution in [1.29, 1.82) is 0 Å². The lowest BCUT2D eigenvalue weighted by Crippen LogP contribution is -2.00. The van der Waals surface area contributed by atoms with Gasteiger partial charge in [0, 0.05) is 28.7 Å². The summed E-state index contributed by atoms with van der Waals surface area (Å²) in [5.74, 6) is -0.802. The second-order valence-electron chi connectivity index (χ2n) is 3.85. The lowest BCUT2D eigenvalue weighted by Gasteiger charge is -1.99. The van der Waals surface area contributed by atoms with Gasteiger partial charge < -0.3 is 14.5 Å². The van der Waals surface area contributed by atoms with Gasteiger partial charge in [0.1, 0.15) is 0 Å². The number of ether oxygens (including phenoxy) is 2. The highest BCUT2D eigenvalue weighted by molar-refractivity contribution is 5.98. The second kappa shape index (κ2) is 5.39. The van der Waals surface area contributed by atoms with Crippen molar-refractivity contribution in [2.24, 2.45) is 0 Å². The molecule has 0 aliphatic rings. The molecule has 19 heavy (non-hydrogen) atoms. The van der Waals surface area contributed by atoms with Crippen molar-refractivity contribution in [2.75, 3.05) is 14.2 Å². The molecular weight excluding hydrogens is 246 g/mol. The maximum atomic E-state index is 11.4. The van der Waals surface area contributed by atoms with Crippen molar-refractivity contribution >= 4 is 28.9 Å². The summed E-state index contributed by atoms with van der Waals surface area (Å²) in [5.41, 5.74) is 2.12. The van der Waals surface area contributed by atoms with Crippen LogP contribution in [0, 0.1) is 0 Å². The van der Waals surface area contributed by atoms with Crippen molar-refractivity contribution in [3.8, 4) is 0 Å². The van der Waals surface area contributed by atoms with E-state index in [2.05, 4.69) is 14.5 Å². The summed E-state index contributed by atoms with van der Waals surface area (Å²) in [6.45, 7) is 0. The molecule has 5 heteroatoms. The van der Waals surface area contributed by atoms with Crippen molar-refractivity contribution in [2.45, 2.75) is 0 Å². The number of carbonyl (C=O) groups is 2. The molecule has 0 saturated carbocycles. The van der Waals surface area contributed by atoms with Gasteiger partial charge in [-0.2, -0.15) is 0 Å². The predicted molar refractivity (Wildman–Crippen MR) is 70.7 cm³/mol. The van der Waals surface area contributed by atoms with Gasteiger partial charge in [0.25, 0.3) is 0 Å². The molecule has 1 heterocycles. The van der Waals surface area contributed by atoms with Crippen LogP contribution in [0.2, 0.25) is 0 Å². The monoisotopic (exact) mass is 259 g/mol. The van der Waals surface area contributed by atoms with Crippen LogP contribution in [-0.2, 0) is 14.3 Å². The van der Waals surface area contributed by atoms with Gasteiger partial charge in [0.05, 0.1) is 19.8 Å². The van der Waals surface area contributed by atoms with E-state index >= 15 is 0 Å². The summed E-state index contributed by atoms with van der Waals surface area (Å²) in [6.07, 6.45) is 4.75. The Morgan fingerprint density at radius 3 is 2.68 bits per heavy atom. The summed E-state index contributed by atoms with van der Waals surface area (Å²) < 4.78 is 9.19. The molecule has 98 valence electrons. The van der Waals surface area contributed by atoms with Crippen molar-refractivity contribution in [3.05, 3.63) is 41.6 Å². The van der Waals surface area contributed by atoms with Crippen LogP contribution >= 0.6 is 0 Å². The highest BCUT2D eigenvalue weighted by atomic mass is 16.5. The molecular formula is C14H13NO4. The van der Waals surface area contributed by atoms with Gasteiger partial charge in [0.15, 0.2) is 0 Å². The van der Waals surface area contributed by atoms with Crippen LogP contribution in [0.1, 0.15) is 15.9 Å². The molecule has 0 bridgehead atoms. The lowest BCUT2D eigenvalue weighted by molar-refractivity contribution is -0.134. The fraction of sp³-hybridized carbons (Fsp3) is 0.143. The highest BCUT2D eigenvalue weighted by Gasteiger charge is 2.08. The number of hydrogen-bond donors (Lipinski definition) is 1. The maximum Gasteiger partial charge on any atom is 0.337 e. The van der Waals surface area contributed by atoms with Crippen LogP contribution in [-0.4, -0.2) is 31.1 Å². The van der Waals surface area contributed by atoms with Gasteiger partial charge in [-0.3, -0.25) is 0 Å². The van der Waals surface area contributed by atoms with E-state index in [0.717, 1.165) is 16.5 Å². The zero-order chi connectivity index (χ0) is 13.8. The van der Waals surface area contributed by atoms with E-state index in [0.29, 0.717) is 5.56 Å². The first kappa shape index (κ1) is 12.9. The Hall–Kier alpha value is -2.56. The molecule has 2 rings (SSSR count). The number of rotatable bonds is 3. The standard InChI is InChI=1S/C14H13NO4/c1-18-13(16)6-4-10-8-15-12-7-9(14(17)19-2)3-5-11(10)12/h3-8,15H,1-2H3. The SMILES string of the molecule is COC(=O)C=Cc1c[nH]c2cc(C(=O)OC)ccc12. The number of aromatic amines is 1. The maximum absolute atomic E-state index is 11.4. The Balaban J connectivity index is 2.37. The first-order chi connectivity index (χ1) is 9.15. The number of carbonyl (C=O) groups excluding carboxylic acids is 2. The molecule has 0 aliphatic heterocycles. The molecule has 0 aliphatic carbocycles. The predicted octanol–water partition coefficient (Wildman–Crippen LogP) is 2.14. The lowest BCUT2D eigenvalue weighted by atomic mass is 10.1. The summed E-state index contributed by atoms with van der Waals surface area (Å²) in [5, 5.41) is 0.910. The smallest absolute Gasteiger partial charge is 0.337 e. The number of methoxy groups -OCH3 is 2. The van der Waals surface area contributed by atoms with E-state index < -0.39 is 5.97 Å². The quantitative estimate of drug-likeness (QED) is 0.677. The summed E-state index contributed by atoms with van der Waals surface area (Å²) in [7, 11) is 2.66. The van der Waals surface area contributed by atoms with Gasteiger partial charge >= 0.3 is 11.9 Å². The van der Waals surface area contributed by atoms with Gasteiger partial charge in [-0.1, -0.05) is 6.07 Å². The van der Waals surface area contributed by atoms with Crippen LogP contribution in [0.4, 0.5) is 0 Å². The van der Waals surface area contributed by atoms with Gasteiger partial charge in [-0.15, -0.1) is 0 Å². The molecule has 2 aromatic rings. The van der Waals surface area contributed by atoms with Gasteiger partial charge in [-0.25, -0.2) is 9.59 Å². The average molecular weight is 259 g/mol. The van der Waals surface area contributed by atoms with Crippen molar-refractivity contribution in [3.63, 3.8) is 0 Å². The molecule has 1 aromatic heterocycles. The Morgan fingerprint density at radius 2 is 2.00 bits per heavy atom. The first-order valence-electron chi connectivity index (χ1n) is 5.61. The molecule has 0 radical (unpaired) electrons. The Bertz CT molecular complexity index is 655. The summed E-state index contributed by atoms with van der Waals surface area (Å²) >= 11 is 0. The van der Waals surface area contributed by atoms with E-state index in [9.17, 15) is 9.59 Å². The number of esters is 2. The molecule has 0 spiro atoms. The Labute approximate surface area is 109 Å². The van der Waals surface area contributed by atoms with E-state index in [1.165, 1.54) is 20.3 Å². The number of nitrogens with one attached hydrogen (secondary N) is 1. The fourth-order valence-electron chi connectivity index (χ4n) is 1.76. The second-order valence-corrected chi connectivity index (χ2v) is 3.85. The molecule has 0 fully saturated rings. The molecule has 5 nitrogen and oxygen atoms in total. The van der Waals surface area contributed by atoms with Crippen LogP contribution in [0.3, 0.4) is 0 Å². The zero-order valence-electron chi connectivity index (χ0n) is 10.6. The van der Waals surface area contributed by atoms with Crippen LogP contribution in [0.5, 0.6) is 0 Å². The van der Waals surface area contributed by atoms with Gasteiger partial charge in [-0.05, 0) is 18.2 Å². The number of benzene rings is 1. The minimum Gasteiger partial charge on any atom is -0.466 e. The average Bonchev–Trinajstić information content (AvgIpc) is 2.86. The Morgan fingerprint density at radius 1 is 1.21 bits per heavy atom. The minimum absolute atomic E-state index is 0.386. The minimum atomic E-state index is -0.416. The third-order valence-electron chi connectivity index (χ3n) is 2.74. The molecule has 0 atom stereocenters. The molecule has 0 amide bonds. The topological polar surface area (TPSA) is 68.4 Å². The van der Waals surface area contributed by atoms with Crippen LogP contribution in [0.15, 0.2) is 30.5 Å². The Kier molecular flexibility index (Phi) is 3.66. The first-order valence-corrected chi connectivity index (χ1v) is 5.61. The van der Waals surface area contributed by atoms with Crippen LogP contribution < -0.4 is 0 Å². The molecule has 0 saturated heterocycles. The largest absolute Gasteiger partial charge is 0.466 e. The zero-order valence-corrected chi connectivity index (χ0v) is 10.6. The number of fused-ring (bicyclic) bond motifs is 1. The van der Waals surface area contributed by atoms with Crippen LogP contribution in [0.25, 0.3) is 17.0 Å². The summed E-state index contributed by atoms with van der Waals surface area (Å²) in [6, 6.07) is 5.18. The number of aromatic nitrogens is 1. The van der Waals surface area contributed by atoms with E-state index in [-0.39, 0.29) is 5.97 Å². The molecule has 1 N–H and O–H groups in total. The number of H-pyrrole nitrogens is 1. The third-order valence-corrected chi connectivity index (χ3v) is 2.74. The van der Waals surface area contributed by atoms with E-state index in [1.54, 1.807) is 30.5 Å². The highest BCUT2D eigenvalue weighted by Crippen LogP contribution is 2.21. The van der Waals surface area contributed by atoms with Crippen molar-refractivity contribution in [1.82, 2.24) is 4.98 Å². The third kappa shape index (κ3) is 2.65. The normalized spacial score (nSPS) is 10.8. The number of hydrogen-bond acceptors (Lipinski definition) is 4. The van der Waals surface area contributed by atoms with E-state index in [4.69, 9.17) is 0 Å². The van der Waals surface area contributed by atoms with Crippen molar-refractivity contribution < 1.29 is 19.1 Å². The fourth-order valence-corrected chi connectivity index (χ4v) is 1.76.